The van der Waals surface area contributed by atoms with Gasteiger partial charge in [-0.2, -0.15) is 0 Å². The van der Waals surface area contributed by atoms with E-state index < -0.39 is 11.2 Å². The van der Waals surface area contributed by atoms with Crippen LogP contribution in [0.2, 0.25) is 0 Å². The Morgan fingerprint density at radius 2 is 2.24 bits per heavy atom. The van der Waals surface area contributed by atoms with Crippen molar-refractivity contribution in [3.63, 3.8) is 0 Å². The molecule has 7 nitrogen and oxygen atoms in total. The number of H-pyrrole nitrogens is 1. The molecule has 21 heavy (non-hydrogen) atoms. The maximum absolute atomic E-state index is 11.8. The van der Waals surface area contributed by atoms with E-state index >= 15 is 0 Å². The fourth-order valence-electron chi connectivity index (χ4n) is 2.17. The number of aromatic amines is 1. The van der Waals surface area contributed by atoms with Gasteiger partial charge in [0.05, 0.1) is 4.47 Å². The van der Waals surface area contributed by atoms with Gasteiger partial charge in [-0.25, -0.2) is 4.79 Å². The molecule has 0 aromatic carbocycles. The first-order valence-corrected chi connectivity index (χ1v) is 7.32. The smallest absolute Gasteiger partial charge is 0.328 e. The maximum Gasteiger partial charge on any atom is 0.328 e. The number of nitrogens with one attached hydrogen (secondary N) is 3. The van der Waals surface area contributed by atoms with Crippen LogP contribution >= 0.6 is 28.3 Å². The number of halogens is 2. The van der Waals surface area contributed by atoms with Gasteiger partial charge < -0.3 is 10.6 Å². The molecule has 2 heterocycles. The number of amides is 1. The Labute approximate surface area is 136 Å². The molecule has 1 unspecified atom stereocenters. The third-order valence-corrected chi connectivity index (χ3v) is 3.83. The Bertz CT molecular complexity index is 595. The normalized spacial score (nSPS) is 17.9. The van der Waals surface area contributed by atoms with Crippen molar-refractivity contribution < 1.29 is 4.79 Å². The molecule has 2 rings (SSSR count). The minimum absolute atomic E-state index is 0. The first-order chi connectivity index (χ1) is 9.56. The minimum Gasteiger partial charge on any atom is -0.354 e. The summed E-state index contributed by atoms with van der Waals surface area (Å²) in [6.07, 6.45) is 3.53. The van der Waals surface area contributed by atoms with Crippen molar-refractivity contribution >= 4 is 34.2 Å². The molecule has 1 atom stereocenters. The second-order valence-electron chi connectivity index (χ2n) is 4.88. The first kappa shape index (κ1) is 17.9. The van der Waals surface area contributed by atoms with Crippen molar-refractivity contribution in [2.75, 3.05) is 19.6 Å². The van der Waals surface area contributed by atoms with Gasteiger partial charge in [0, 0.05) is 12.7 Å². The zero-order valence-electron chi connectivity index (χ0n) is 11.4. The monoisotopic (exact) mass is 380 g/mol. The highest BCUT2D eigenvalue weighted by molar-refractivity contribution is 9.10. The summed E-state index contributed by atoms with van der Waals surface area (Å²) in [4.78, 5) is 36.7. The van der Waals surface area contributed by atoms with Gasteiger partial charge in [-0.05, 0) is 47.8 Å². The number of hydrogen-bond donors (Lipinski definition) is 3. The second kappa shape index (κ2) is 8.35. The first-order valence-electron chi connectivity index (χ1n) is 6.53. The Balaban J connectivity index is 0.00000220. The molecule has 0 spiro atoms. The second-order valence-corrected chi connectivity index (χ2v) is 5.74. The zero-order chi connectivity index (χ0) is 14.5. The molecular weight excluding hydrogens is 364 g/mol. The summed E-state index contributed by atoms with van der Waals surface area (Å²) in [6.45, 7) is 2.44. The van der Waals surface area contributed by atoms with Crippen LogP contribution in [-0.2, 0) is 11.3 Å². The molecule has 3 N–H and O–H groups in total. The fraction of sp³-hybridized carbons (Fsp3) is 0.583. The third kappa shape index (κ3) is 5.29. The lowest BCUT2D eigenvalue weighted by atomic mass is 10.00. The lowest BCUT2D eigenvalue weighted by Crippen LogP contribution is -2.40. The van der Waals surface area contributed by atoms with E-state index in [9.17, 15) is 14.4 Å². The Kier molecular flexibility index (Phi) is 7.13. The molecule has 0 saturated carbocycles. The van der Waals surface area contributed by atoms with Crippen LogP contribution in [-0.4, -0.2) is 35.1 Å². The summed E-state index contributed by atoms with van der Waals surface area (Å²) < 4.78 is 1.39. The quantitative estimate of drug-likeness (QED) is 0.675. The third-order valence-electron chi connectivity index (χ3n) is 3.27. The molecule has 1 amide bonds. The number of piperidine rings is 1. The maximum atomic E-state index is 11.8. The molecular formula is C12H18BrClN4O3. The van der Waals surface area contributed by atoms with Crippen molar-refractivity contribution in [1.82, 2.24) is 20.2 Å². The molecule has 0 aliphatic carbocycles. The summed E-state index contributed by atoms with van der Waals surface area (Å²) in [5.41, 5.74) is -1.09. The zero-order valence-corrected chi connectivity index (χ0v) is 13.8. The Morgan fingerprint density at radius 1 is 1.48 bits per heavy atom. The topological polar surface area (TPSA) is 96.0 Å². The van der Waals surface area contributed by atoms with Gasteiger partial charge in [-0.15, -0.1) is 12.4 Å². The highest BCUT2D eigenvalue weighted by Crippen LogP contribution is 2.08. The lowest BCUT2D eigenvalue weighted by molar-refractivity contribution is -0.121. The average molecular weight is 382 g/mol. The molecule has 118 valence electrons. The summed E-state index contributed by atoms with van der Waals surface area (Å²) in [5, 5.41) is 6.09. The number of carbonyl (C=O) groups excluding carboxylic acids is 1. The Hall–Kier alpha value is -1.12. The number of aromatic nitrogens is 2. The fourth-order valence-corrected chi connectivity index (χ4v) is 2.51. The van der Waals surface area contributed by atoms with Crippen molar-refractivity contribution in [2.45, 2.75) is 19.4 Å². The van der Waals surface area contributed by atoms with Gasteiger partial charge in [0.25, 0.3) is 5.56 Å². The van der Waals surface area contributed by atoms with E-state index in [0.717, 1.165) is 25.9 Å². The summed E-state index contributed by atoms with van der Waals surface area (Å²) in [6, 6.07) is 0. The minimum atomic E-state index is -0.590. The Morgan fingerprint density at radius 3 is 2.90 bits per heavy atom. The molecule has 0 radical (unpaired) electrons. The van der Waals surface area contributed by atoms with Gasteiger partial charge >= 0.3 is 5.69 Å². The van der Waals surface area contributed by atoms with Gasteiger partial charge in [-0.1, -0.05) is 0 Å². The van der Waals surface area contributed by atoms with E-state index in [4.69, 9.17) is 0 Å². The number of rotatable bonds is 4. The molecule has 1 aliphatic heterocycles. The van der Waals surface area contributed by atoms with E-state index in [1.807, 2.05) is 0 Å². The molecule has 9 heteroatoms. The summed E-state index contributed by atoms with van der Waals surface area (Å²) in [7, 11) is 0. The van der Waals surface area contributed by atoms with Crippen molar-refractivity contribution in [2.24, 2.45) is 5.92 Å². The predicted octanol–water partition coefficient (Wildman–Crippen LogP) is -0.163. The number of nitrogens with zero attached hydrogens (tertiary/aromatic N) is 1. The van der Waals surface area contributed by atoms with Crippen LogP contribution in [0.25, 0.3) is 0 Å². The van der Waals surface area contributed by atoms with E-state index in [1.54, 1.807) is 0 Å². The van der Waals surface area contributed by atoms with E-state index in [0.29, 0.717) is 12.5 Å². The largest absolute Gasteiger partial charge is 0.354 e. The van der Waals surface area contributed by atoms with Crippen LogP contribution in [0.4, 0.5) is 0 Å². The van der Waals surface area contributed by atoms with Crippen LogP contribution in [0.1, 0.15) is 12.8 Å². The van der Waals surface area contributed by atoms with E-state index in [1.165, 1.54) is 10.8 Å². The SMILES string of the molecule is Cl.O=C(Cn1cc(Br)c(=O)[nH]c1=O)NCC1CCCNC1. The van der Waals surface area contributed by atoms with E-state index in [-0.39, 0.29) is 29.3 Å². The molecule has 1 aliphatic rings. The molecule has 1 aromatic heterocycles. The van der Waals surface area contributed by atoms with Crippen molar-refractivity contribution in [1.29, 1.82) is 0 Å². The van der Waals surface area contributed by atoms with Gasteiger partial charge in [0.1, 0.15) is 6.54 Å². The summed E-state index contributed by atoms with van der Waals surface area (Å²) >= 11 is 3.03. The lowest BCUT2D eigenvalue weighted by Gasteiger charge is -2.22. The van der Waals surface area contributed by atoms with E-state index in [2.05, 4.69) is 31.5 Å². The van der Waals surface area contributed by atoms with Crippen LogP contribution in [0.15, 0.2) is 20.3 Å². The van der Waals surface area contributed by atoms with Crippen LogP contribution < -0.4 is 21.9 Å². The highest BCUT2D eigenvalue weighted by atomic mass is 79.9. The average Bonchev–Trinajstić information content (AvgIpc) is 2.44. The predicted molar refractivity (Wildman–Crippen MR) is 84.9 cm³/mol. The summed E-state index contributed by atoms with van der Waals surface area (Å²) in [5.74, 6) is 0.198. The molecule has 0 bridgehead atoms. The van der Waals surface area contributed by atoms with Crippen LogP contribution in [0.3, 0.4) is 0 Å². The number of carbonyl (C=O) groups is 1. The van der Waals surface area contributed by atoms with Crippen molar-refractivity contribution in [3.8, 4) is 0 Å². The van der Waals surface area contributed by atoms with Gasteiger partial charge in [0.2, 0.25) is 5.91 Å². The number of hydrogen-bond acceptors (Lipinski definition) is 4. The molecule has 1 aromatic rings. The molecule has 1 fully saturated rings. The van der Waals surface area contributed by atoms with Crippen LogP contribution in [0, 0.1) is 5.92 Å². The van der Waals surface area contributed by atoms with Gasteiger partial charge in [0.15, 0.2) is 0 Å². The molecule has 1 saturated heterocycles. The van der Waals surface area contributed by atoms with Crippen LogP contribution in [0.5, 0.6) is 0 Å². The van der Waals surface area contributed by atoms with Crippen molar-refractivity contribution in [3.05, 3.63) is 31.5 Å². The highest BCUT2D eigenvalue weighted by Gasteiger charge is 2.14. The standard InChI is InChI=1S/C12H17BrN4O3.ClH/c13-9-6-17(12(20)16-11(9)19)7-10(18)15-5-8-2-1-3-14-4-8;/h6,8,14H,1-5,7H2,(H,15,18)(H,16,19,20);1H. The van der Waals surface area contributed by atoms with Gasteiger partial charge in [-0.3, -0.25) is 19.1 Å².